The zero-order valence-corrected chi connectivity index (χ0v) is 15.1. The van der Waals surface area contributed by atoms with E-state index in [1.54, 1.807) is 6.07 Å². The minimum atomic E-state index is -1.42. The molecule has 0 fully saturated rings. The van der Waals surface area contributed by atoms with Crippen LogP contribution in [0.2, 0.25) is 0 Å². The summed E-state index contributed by atoms with van der Waals surface area (Å²) in [5.74, 6) is -4.17. The molecule has 0 aliphatic heterocycles. The topological polar surface area (TPSA) is 0 Å². The van der Waals surface area contributed by atoms with Crippen molar-refractivity contribution in [2.75, 3.05) is 0 Å². The van der Waals surface area contributed by atoms with Crippen molar-refractivity contribution in [1.29, 1.82) is 0 Å². The minimum absolute atomic E-state index is 0.179. The predicted molar refractivity (Wildman–Crippen MR) is 99.0 cm³/mol. The fraction of sp³-hybridized carbons (Fsp3) is 0.304. The fourth-order valence-corrected chi connectivity index (χ4v) is 4.20. The van der Waals surface area contributed by atoms with E-state index in [1.165, 1.54) is 5.56 Å². The van der Waals surface area contributed by atoms with Gasteiger partial charge in [0.1, 0.15) is 5.82 Å². The van der Waals surface area contributed by atoms with Crippen LogP contribution in [0.1, 0.15) is 47.9 Å². The Labute approximate surface area is 155 Å². The molecule has 140 valence electrons. The maximum atomic E-state index is 15.2. The highest BCUT2D eigenvalue weighted by Gasteiger charge is 2.28. The lowest BCUT2D eigenvalue weighted by Crippen LogP contribution is -2.17. The van der Waals surface area contributed by atoms with Crippen molar-refractivity contribution in [1.82, 2.24) is 0 Å². The van der Waals surface area contributed by atoms with E-state index in [9.17, 15) is 13.2 Å². The second-order valence-electron chi connectivity index (χ2n) is 7.34. The van der Waals surface area contributed by atoms with Crippen molar-refractivity contribution in [3.05, 3.63) is 81.9 Å². The summed E-state index contributed by atoms with van der Waals surface area (Å²) in [4.78, 5) is 0. The molecule has 0 amide bonds. The van der Waals surface area contributed by atoms with Crippen LogP contribution in [0, 0.1) is 23.3 Å². The minimum Gasteiger partial charge on any atom is -0.206 e. The monoisotopic (exact) mass is 372 g/mol. The lowest BCUT2D eigenvalue weighted by atomic mass is 9.79. The maximum absolute atomic E-state index is 15.2. The maximum Gasteiger partial charge on any atom is 0.194 e. The van der Waals surface area contributed by atoms with Crippen molar-refractivity contribution < 1.29 is 17.6 Å². The molecule has 0 N–H and O–H groups in total. The Balaban J connectivity index is 1.71. The molecule has 0 aromatic heterocycles. The summed E-state index contributed by atoms with van der Waals surface area (Å²) in [5.41, 5.74) is 2.38. The second kappa shape index (κ2) is 6.99. The molecule has 3 aromatic carbocycles. The number of hydrogen-bond donors (Lipinski definition) is 0. The lowest BCUT2D eigenvalue weighted by Gasteiger charge is -2.26. The summed E-state index contributed by atoms with van der Waals surface area (Å²) < 4.78 is 56.2. The second-order valence-corrected chi connectivity index (χ2v) is 7.34. The molecule has 0 bridgehead atoms. The highest BCUT2D eigenvalue weighted by Crippen LogP contribution is 2.37. The standard InChI is InChI=1S/C23H20F4/c1-2-3-13-4-7-17-14(10-13)5-8-18(21(17)25)15-6-9-19-16(11-15)12-20(24)23(27)22(19)26/h4-5,7-8,10,12,15H,2-3,6,9,11H2,1H3. The zero-order valence-electron chi connectivity index (χ0n) is 15.1. The molecule has 0 radical (unpaired) electrons. The van der Waals surface area contributed by atoms with E-state index in [1.807, 2.05) is 24.3 Å². The average molecular weight is 372 g/mol. The first-order valence-corrected chi connectivity index (χ1v) is 9.35. The number of fused-ring (bicyclic) bond motifs is 2. The first-order valence-electron chi connectivity index (χ1n) is 9.35. The Morgan fingerprint density at radius 1 is 0.926 bits per heavy atom. The van der Waals surface area contributed by atoms with Gasteiger partial charge in [-0.25, -0.2) is 17.6 Å². The average Bonchev–Trinajstić information content (AvgIpc) is 2.66. The van der Waals surface area contributed by atoms with Crippen LogP contribution in [0.5, 0.6) is 0 Å². The third kappa shape index (κ3) is 3.11. The van der Waals surface area contributed by atoms with E-state index >= 15 is 4.39 Å². The molecule has 1 aliphatic rings. The molecular formula is C23H20F4. The van der Waals surface area contributed by atoms with Gasteiger partial charge in [-0.2, -0.15) is 0 Å². The summed E-state index contributed by atoms with van der Waals surface area (Å²) >= 11 is 0. The number of rotatable bonds is 3. The van der Waals surface area contributed by atoms with Crippen LogP contribution in [-0.2, 0) is 19.3 Å². The van der Waals surface area contributed by atoms with Gasteiger partial charge >= 0.3 is 0 Å². The molecule has 27 heavy (non-hydrogen) atoms. The van der Waals surface area contributed by atoms with Gasteiger partial charge in [-0.1, -0.05) is 43.7 Å². The van der Waals surface area contributed by atoms with Gasteiger partial charge < -0.3 is 0 Å². The van der Waals surface area contributed by atoms with Crippen molar-refractivity contribution >= 4 is 10.8 Å². The molecule has 3 aromatic rings. The van der Waals surface area contributed by atoms with Gasteiger partial charge in [0.25, 0.3) is 0 Å². The molecule has 1 atom stereocenters. The molecule has 0 spiro atoms. The number of benzene rings is 3. The van der Waals surface area contributed by atoms with E-state index in [0.717, 1.165) is 24.3 Å². The van der Waals surface area contributed by atoms with Crippen LogP contribution in [0.3, 0.4) is 0 Å². The summed E-state index contributed by atoms with van der Waals surface area (Å²) in [6.07, 6.45) is 3.06. The molecule has 0 heterocycles. The normalized spacial score (nSPS) is 16.6. The van der Waals surface area contributed by atoms with Gasteiger partial charge in [0, 0.05) is 5.39 Å². The van der Waals surface area contributed by atoms with Gasteiger partial charge in [0.05, 0.1) is 0 Å². The Bertz CT molecular complexity index is 1020. The van der Waals surface area contributed by atoms with Gasteiger partial charge in [-0.3, -0.25) is 0 Å². The number of halogens is 4. The highest BCUT2D eigenvalue weighted by atomic mass is 19.2. The van der Waals surface area contributed by atoms with Crippen LogP contribution in [-0.4, -0.2) is 0 Å². The number of aryl methyl sites for hydroxylation is 1. The van der Waals surface area contributed by atoms with Crippen molar-refractivity contribution in [3.8, 4) is 0 Å². The first-order chi connectivity index (χ1) is 13.0. The van der Waals surface area contributed by atoms with Crippen molar-refractivity contribution in [3.63, 3.8) is 0 Å². The van der Waals surface area contributed by atoms with Crippen LogP contribution >= 0.6 is 0 Å². The Morgan fingerprint density at radius 3 is 2.52 bits per heavy atom. The van der Waals surface area contributed by atoms with E-state index in [-0.39, 0.29) is 23.7 Å². The van der Waals surface area contributed by atoms with Crippen LogP contribution in [0.4, 0.5) is 17.6 Å². The Kier molecular flexibility index (Phi) is 4.67. The molecule has 0 saturated heterocycles. The van der Waals surface area contributed by atoms with Gasteiger partial charge in [0.2, 0.25) is 0 Å². The quantitative estimate of drug-likeness (QED) is 0.358. The smallest absolute Gasteiger partial charge is 0.194 e. The van der Waals surface area contributed by atoms with Crippen LogP contribution in [0.15, 0.2) is 36.4 Å². The van der Waals surface area contributed by atoms with Gasteiger partial charge in [0.15, 0.2) is 17.5 Å². The lowest BCUT2D eigenvalue weighted by molar-refractivity contribution is 0.427. The fourth-order valence-electron chi connectivity index (χ4n) is 4.20. The molecule has 4 heteroatoms. The van der Waals surface area contributed by atoms with Crippen molar-refractivity contribution in [2.45, 2.75) is 44.9 Å². The van der Waals surface area contributed by atoms with E-state index in [2.05, 4.69) is 6.92 Å². The summed E-state index contributed by atoms with van der Waals surface area (Å²) in [6.45, 7) is 2.10. The SMILES string of the molecule is CCCc1ccc2c(F)c(C3CCc4c(cc(F)c(F)c4F)C3)ccc2c1. The molecule has 4 rings (SSSR count). The largest absolute Gasteiger partial charge is 0.206 e. The summed E-state index contributed by atoms with van der Waals surface area (Å²) in [6, 6.07) is 10.5. The van der Waals surface area contributed by atoms with E-state index in [4.69, 9.17) is 0 Å². The Hall–Kier alpha value is -2.36. The predicted octanol–water partition coefficient (Wildman–Crippen LogP) is 6.62. The molecule has 1 unspecified atom stereocenters. The van der Waals surface area contributed by atoms with Gasteiger partial charge in [-0.15, -0.1) is 0 Å². The Morgan fingerprint density at radius 2 is 1.74 bits per heavy atom. The molecule has 0 nitrogen and oxygen atoms in total. The molecule has 1 aliphatic carbocycles. The summed E-state index contributed by atoms with van der Waals surface area (Å²) in [5, 5.41) is 1.42. The first kappa shape index (κ1) is 18.0. The zero-order chi connectivity index (χ0) is 19.1. The third-order valence-electron chi connectivity index (χ3n) is 5.59. The van der Waals surface area contributed by atoms with E-state index < -0.39 is 17.5 Å². The van der Waals surface area contributed by atoms with Crippen LogP contribution in [0.25, 0.3) is 10.8 Å². The van der Waals surface area contributed by atoms with Crippen LogP contribution < -0.4 is 0 Å². The molecular weight excluding hydrogens is 352 g/mol. The third-order valence-corrected chi connectivity index (χ3v) is 5.59. The summed E-state index contributed by atoms with van der Waals surface area (Å²) in [7, 11) is 0. The van der Waals surface area contributed by atoms with Crippen molar-refractivity contribution in [2.24, 2.45) is 0 Å². The van der Waals surface area contributed by atoms with Gasteiger partial charge in [-0.05, 0) is 65.3 Å². The van der Waals surface area contributed by atoms with E-state index in [0.29, 0.717) is 29.4 Å². The number of hydrogen-bond acceptors (Lipinski definition) is 0. The highest BCUT2D eigenvalue weighted by molar-refractivity contribution is 5.84. The molecule has 0 saturated carbocycles.